The predicted octanol–water partition coefficient (Wildman–Crippen LogP) is 2.98. The number of nitrogens with zero attached hydrogens (tertiary/aromatic N) is 2. The largest absolute Gasteiger partial charge is 0.465 e. The zero-order valence-corrected chi connectivity index (χ0v) is 14.9. The molecular weight excluding hydrogens is 328 g/mol. The first-order chi connectivity index (χ1) is 12.7. The van der Waals surface area contributed by atoms with E-state index in [-0.39, 0.29) is 17.9 Å². The van der Waals surface area contributed by atoms with E-state index in [0.717, 1.165) is 36.2 Å². The first-order valence-electron chi connectivity index (χ1n) is 8.98. The van der Waals surface area contributed by atoms with Gasteiger partial charge in [-0.05, 0) is 42.2 Å². The summed E-state index contributed by atoms with van der Waals surface area (Å²) >= 11 is 0. The van der Waals surface area contributed by atoms with Crippen LogP contribution in [0.15, 0.2) is 48.5 Å². The molecule has 0 radical (unpaired) electrons. The first-order valence-corrected chi connectivity index (χ1v) is 8.98. The van der Waals surface area contributed by atoms with Gasteiger partial charge in [0.25, 0.3) is 0 Å². The number of hydrogen-bond acceptors (Lipinski definition) is 4. The summed E-state index contributed by atoms with van der Waals surface area (Å²) in [6, 6.07) is 15.5. The van der Waals surface area contributed by atoms with E-state index in [0.29, 0.717) is 18.7 Å². The van der Waals surface area contributed by atoms with Crippen LogP contribution >= 0.6 is 0 Å². The van der Waals surface area contributed by atoms with E-state index in [1.807, 2.05) is 47.4 Å². The molecule has 1 saturated heterocycles. The lowest BCUT2D eigenvalue weighted by Crippen LogP contribution is -2.42. The number of methoxy groups -OCH3 is 1. The highest BCUT2D eigenvalue weighted by Gasteiger charge is 2.38. The third-order valence-electron chi connectivity index (χ3n) is 5.24. The summed E-state index contributed by atoms with van der Waals surface area (Å²) in [6.45, 7) is 1.95. The molecular formula is C21H22N2O3. The second-order valence-corrected chi connectivity index (χ2v) is 6.87. The van der Waals surface area contributed by atoms with Gasteiger partial charge in [0.05, 0.1) is 12.7 Å². The number of ether oxygens (including phenoxy) is 1. The van der Waals surface area contributed by atoms with E-state index < -0.39 is 0 Å². The van der Waals surface area contributed by atoms with E-state index in [1.54, 1.807) is 6.07 Å². The number of esters is 1. The fourth-order valence-corrected chi connectivity index (χ4v) is 3.98. The van der Waals surface area contributed by atoms with Crippen molar-refractivity contribution in [2.75, 3.05) is 18.6 Å². The van der Waals surface area contributed by atoms with Crippen molar-refractivity contribution in [1.82, 2.24) is 4.90 Å². The van der Waals surface area contributed by atoms with Gasteiger partial charge in [-0.25, -0.2) is 4.79 Å². The maximum absolute atomic E-state index is 13.2. The lowest BCUT2D eigenvalue weighted by molar-refractivity contribution is -0.133. The second-order valence-electron chi connectivity index (χ2n) is 6.87. The first kappa shape index (κ1) is 16.6. The van der Waals surface area contributed by atoms with E-state index in [4.69, 9.17) is 4.74 Å². The van der Waals surface area contributed by atoms with Crippen LogP contribution in [-0.4, -0.2) is 36.5 Å². The van der Waals surface area contributed by atoms with Gasteiger partial charge in [-0.3, -0.25) is 4.79 Å². The van der Waals surface area contributed by atoms with Gasteiger partial charge < -0.3 is 14.5 Å². The summed E-state index contributed by atoms with van der Waals surface area (Å²) in [5.41, 5.74) is 3.69. The number of carbonyl (C=O) groups excluding carboxylic acids is 2. The monoisotopic (exact) mass is 350 g/mol. The van der Waals surface area contributed by atoms with E-state index >= 15 is 0 Å². The molecule has 0 aliphatic carbocycles. The summed E-state index contributed by atoms with van der Waals surface area (Å²) < 4.78 is 4.86. The van der Waals surface area contributed by atoms with Crippen LogP contribution in [0, 0.1) is 0 Å². The van der Waals surface area contributed by atoms with E-state index in [9.17, 15) is 9.59 Å². The zero-order valence-electron chi connectivity index (χ0n) is 14.9. The molecule has 0 bridgehead atoms. The van der Waals surface area contributed by atoms with Crippen LogP contribution in [0.1, 0.15) is 34.3 Å². The molecule has 5 heteroatoms. The lowest BCUT2D eigenvalue weighted by Gasteiger charge is -2.26. The molecule has 0 N–H and O–H groups in total. The highest BCUT2D eigenvalue weighted by Crippen LogP contribution is 2.35. The van der Waals surface area contributed by atoms with Crippen molar-refractivity contribution in [2.45, 2.75) is 32.0 Å². The number of carbonyl (C=O) groups is 2. The third kappa shape index (κ3) is 2.94. The molecule has 134 valence electrons. The van der Waals surface area contributed by atoms with Crippen molar-refractivity contribution >= 4 is 17.6 Å². The zero-order chi connectivity index (χ0) is 18.1. The number of hydrogen-bond donors (Lipinski definition) is 0. The van der Waals surface area contributed by atoms with Crippen molar-refractivity contribution < 1.29 is 14.3 Å². The predicted molar refractivity (Wildman–Crippen MR) is 98.8 cm³/mol. The van der Waals surface area contributed by atoms with Crippen LogP contribution in [-0.2, 0) is 22.6 Å². The molecule has 2 aromatic carbocycles. The molecule has 1 amide bonds. The SMILES string of the molecule is COC(=O)c1ccc2c(c1)CN(Cc1ccccc1)C(=O)[C@@H]1CCCN21. The van der Waals surface area contributed by atoms with Crippen LogP contribution in [0.2, 0.25) is 0 Å². The van der Waals surface area contributed by atoms with E-state index in [1.165, 1.54) is 7.11 Å². The van der Waals surface area contributed by atoms with Gasteiger partial charge in [-0.2, -0.15) is 0 Å². The molecule has 2 aliphatic heterocycles. The van der Waals surface area contributed by atoms with Gasteiger partial charge in [0.2, 0.25) is 5.91 Å². The van der Waals surface area contributed by atoms with Gasteiger partial charge in [0.15, 0.2) is 0 Å². The number of rotatable bonds is 3. The van der Waals surface area contributed by atoms with Gasteiger partial charge >= 0.3 is 5.97 Å². The standard InChI is InChI=1S/C21H22N2O3/c1-26-21(25)16-9-10-18-17(12-16)14-22(13-15-6-3-2-4-7-15)20(24)19-8-5-11-23(18)19/h2-4,6-7,9-10,12,19H,5,8,11,13-14H2,1H3/t19-/m0/s1. The van der Waals surface area contributed by atoms with Gasteiger partial charge in [-0.15, -0.1) is 0 Å². The van der Waals surface area contributed by atoms with Crippen LogP contribution in [0.4, 0.5) is 5.69 Å². The topological polar surface area (TPSA) is 49.9 Å². The summed E-state index contributed by atoms with van der Waals surface area (Å²) in [5, 5.41) is 0. The molecule has 0 aromatic heterocycles. The third-order valence-corrected chi connectivity index (χ3v) is 5.24. The number of amides is 1. The highest BCUT2D eigenvalue weighted by molar-refractivity contribution is 5.92. The number of anilines is 1. The molecule has 2 heterocycles. The highest BCUT2D eigenvalue weighted by atomic mass is 16.5. The molecule has 2 aromatic rings. The smallest absolute Gasteiger partial charge is 0.337 e. The molecule has 2 aliphatic rings. The van der Waals surface area contributed by atoms with Crippen molar-refractivity contribution in [2.24, 2.45) is 0 Å². The summed E-state index contributed by atoms with van der Waals surface area (Å²) in [7, 11) is 1.38. The Kier molecular flexibility index (Phi) is 4.37. The fourth-order valence-electron chi connectivity index (χ4n) is 3.98. The minimum atomic E-state index is -0.351. The van der Waals surface area contributed by atoms with Crippen molar-refractivity contribution in [3.8, 4) is 0 Å². The molecule has 0 spiro atoms. The molecule has 0 saturated carbocycles. The van der Waals surface area contributed by atoms with Gasteiger partial charge in [-0.1, -0.05) is 30.3 Å². The van der Waals surface area contributed by atoms with E-state index in [2.05, 4.69) is 4.90 Å². The molecule has 1 atom stereocenters. The number of fused-ring (bicyclic) bond motifs is 3. The normalized spacial score (nSPS) is 19.0. The quantitative estimate of drug-likeness (QED) is 0.799. The lowest BCUT2D eigenvalue weighted by atomic mass is 10.1. The average molecular weight is 350 g/mol. The Hall–Kier alpha value is -2.82. The molecule has 0 unspecified atom stereocenters. The molecule has 26 heavy (non-hydrogen) atoms. The van der Waals surface area contributed by atoms with Crippen LogP contribution in [0.5, 0.6) is 0 Å². The Labute approximate surface area is 153 Å². The minimum absolute atomic E-state index is 0.107. The van der Waals surface area contributed by atoms with Crippen LogP contribution in [0.3, 0.4) is 0 Å². The molecule has 5 nitrogen and oxygen atoms in total. The van der Waals surface area contributed by atoms with Crippen molar-refractivity contribution in [3.05, 3.63) is 65.2 Å². The Balaban J connectivity index is 1.72. The number of benzene rings is 2. The summed E-state index contributed by atoms with van der Waals surface area (Å²) in [6.07, 6.45) is 1.89. The summed E-state index contributed by atoms with van der Waals surface area (Å²) in [5.74, 6) is -0.182. The Morgan fingerprint density at radius 1 is 1.19 bits per heavy atom. The minimum Gasteiger partial charge on any atom is -0.465 e. The summed E-state index contributed by atoms with van der Waals surface area (Å²) in [4.78, 5) is 29.2. The van der Waals surface area contributed by atoms with Crippen LogP contribution < -0.4 is 4.90 Å². The maximum atomic E-state index is 13.2. The Morgan fingerprint density at radius 2 is 2.00 bits per heavy atom. The average Bonchev–Trinajstić information content (AvgIpc) is 3.13. The van der Waals surface area contributed by atoms with Crippen molar-refractivity contribution in [3.63, 3.8) is 0 Å². The van der Waals surface area contributed by atoms with Crippen molar-refractivity contribution in [1.29, 1.82) is 0 Å². The molecule has 1 fully saturated rings. The Bertz CT molecular complexity index is 834. The van der Waals surface area contributed by atoms with Gasteiger partial charge in [0, 0.05) is 25.3 Å². The fraction of sp³-hybridized carbons (Fsp3) is 0.333. The Morgan fingerprint density at radius 3 is 2.77 bits per heavy atom. The second kappa shape index (κ2) is 6.83. The maximum Gasteiger partial charge on any atom is 0.337 e. The van der Waals surface area contributed by atoms with Crippen LogP contribution in [0.25, 0.3) is 0 Å². The molecule has 4 rings (SSSR count). The van der Waals surface area contributed by atoms with Gasteiger partial charge in [0.1, 0.15) is 6.04 Å².